The summed E-state index contributed by atoms with van der Waals surface area (Å²) in [5.41, 5.74) is -0.759. The van der Waals surface area contributed by atoms with E-state index in [0.717, 1.165) is 19.4 Å². The maximum Gasteiger partial charge on any atom is 0.410 e. The van der Waals surface area contributed by atoms with Crippen molar-refractivity contribution in [2.75, 3.05) is 51.3 Å². The van der Waals surface area contributed by atoms with Crippen molar-refractivity contribution >= 4 is 33.6 Å². The Bertz CT molecular complexity index is 1990. The molecule has 2 aromatic carbocycles. The van der Waals surface area contributed by atoms with Crippen LogP contribution in [0.5, 0.6) is 6.01 Å². The molecule has 3 aliphatic heterocycles. The molecule has 4 aromatic rings. The van der Waals surface area contributed by atoms with Crippen LogP contribution in [0.25, 0.3) is 32.9 Å². The molecule has 0 unspecified atom stereocenters. The summed E-state index contributed by atoms with van der Waals surface area (Å²) in [6.07, 6.45) is 8.01. The third-order valence-corrected chi connectivity index (χ3v) is 9.77. The summed E-state index contributed by atoms with van der Waals surface area (Å²) < 4.78 is 57.8. The molecule has 2 aromatic heterocycles. The molecule has 9 nitrogen and oxygen atoms in total. The first-order valence-corrected chi connectivity index (χ1v) is 16.6. The average Bonchev–Trinajstić information content (AvgIpc) is 3.56. The number of likely N-dealkylation sites (tertiary alicyclic amines) is 1. The normalized spacial score (nSPS) is 21.1. The fourth-order valence-corrected chi connectivity index (χ4v) is 7.54. The number of rotatable bonds is 7. The Morgan fingerprint density at radius 2 is 1.96 bits per heavy atom. The molecule has 0 saturated carbocycles. The minimum atomic E-state index is -0.935. The summed E-state index contributed by atoms with van der Waals surface area (Å²) >= 11 is 0. The van der Waals surface area contributed by atoms with Crippen LogP contribution in [0, 0.1) is 29.9 Å². The number of ether oxygens (including phenoxy) is 2. The van der Waals surface area contributed by atoms with Gasteiger partial charge < -0.3 is 19.3 Å². The molecule has 5 heterocycles. The standard InChI is InChI=1S/C37H39F3N6O3/c1-6-25-28(39)12-11-23-9-7-10-26(29(23)25)31-30(40)32-27(16-41-31)33(44(5)17-22-18-45(19-22)35(47)49-36(2,3)4)43-34(42-32)48-21-37-13-8-14-46(37)20-24(38)15-37/h1,7,9-12,16,22,24H,8,13-15,17-21H2,2-5H3/t24-,37+/m1/s1. The third kappa shape index (κ3) is 6.09. The summed E-state index contributed by atoms with van der Waals surface area (Å²) in [4.78, 5) is 32.0. The van der Waals surface area contributed by atoms with E-state index in [9.17, 15) is 13.6 Å². The molecule has 3 aliphatic rings. The molecule has 0 N–H and O–H groups in total. The Balaban J connectivity index is 1.25. The van der Waals surface area contributed by atoms with Gasteiger partial charge in [-0.1, -0.05) is 30.2 Å². The number of pyridine rings is 1. The van der Waals surface area contributed by atoms with Gasteiger partial charge in [0.1, 0.15) is 41.2 Å². The fourth-order valence-electron chi connectivity index (χ4n) is 7.54. The second-order valence-electron chi connectivity index (χ2n) is 14.5. The van der Waals surface area contributed by atoms with E-state index in [4.69, 9.17) is 20.9 Å². The van der Waals surface area contributed by atoms with E-state index in [0.29, 0.717) is 60.1 Å². The summed E-state index contributed by atoms with van der Waals surface area (Å²) in [5, 5.41) is 1.37. The van der Waals surface area contributed by atoms with E-state index >= 15 is 4.39 Å². The van der Waals surface area contributed by atoms with Crippen LogP contribution < -0.4 is 9.64 Å². The molecule has 2 atom stereocenters. The predicted molar refractivity (Wildman–Crippen MR) is 181 cm³/mol. The lowest BCUT2D eigenvalue weighted by molar-refractivity contribution is 0.000175. The lowest BCUT2D eigenvalue weighted by Crippen LogP contribution is -2.54. The number of hydrogen-bond acceptors (Lipinski definition) is 8. The number of carbonyl (C=O) groups is 1. The van der Waals surface area contributed by atoms with Gasteiger partial charge >= 0.3 is 12.1 Å². The lowest BCUT2D eigenvalue weighted by Gasteiger charge is -2.41. The summed E-state index contributed by atoms with van der Waals surface area (Å²) in [6.45, 7) is 8.32. The van der Waals surface area contributed by atoms with Crippen molar-refractivity contribution in [1.29, 1.82) is 0 Å². The van der Waals surface area contributed by atoms with Gasteiger partial charge in [0.25, 0.3) is 0 Å². The maximum absolute atomic E-state index is 16.8. The van der Waals surface area contributed by atoms with Gasteiger partial charge in [-0.25, -0.2) is 18.0 Å². The number of alkyl halides is 1. The summed E-state index contributed by atoms with van der Waals surface area (Å²) in [7, 11) is 1.84. The minimum absolute atomic E-state index is 0.0190. The number of hydrogen-bond donors (Lipinski definition) is 0. The van der Waals surface area contributed by atoms with Crippen LogP contribution in [0.3, 0.4) is 0 Å². The van der Waals surface area contributed by atoms with Crippen molar-refractivity contribution in [2.45, 2.75) is 57.3 Å². The van der Waals surface area contributed by atoms with Crippen molar-refractivity contribution in [2.24, 2.45) is 5.92 Å². The Kier molecular flexibility index (Phi) is 8.30. The first kappa shape index (κ1) is 32.9. The number of anilines is 1. The number of carbonyl (C=O) groups excluding carboxylic acids is 1. The van der Waals surface area contributed by atoms with E-state index in [2.05, 4.69) is 20.8 Å². The molecular weight excluding hydrogens is 633 g/mol. The lowest BCUT2D eigenvalue weighted by atomic mass is 9.95. The molecule has 49 heavy (non-hydrogen) atoms. The van der Waals surface area contributed by atoms with Crippen molar-refractivity contribution in [3.63, 3.8) is 0 Å². The number of aromatic nitrogens is 3. The Hall–Kier alpha value is -4.63. The topological polar surface area (TPSA) is 83.9 Å². The molecule has 0 bridgehead atoms. The van der Waals surface area contributed by atoms with Gasteiger partial charge in [-0.05, 0) is 51.6 Å². The first-order valence-electron chi connectivity index (χ1n) is 16.6. The zero-order valence-corrected chi connectivity index (χ0v) is 28.1. The highest BCUT2D eigenvalue weighted by Gasteiger charge is 2.49. The van der Waals surface area contributed by atoms with Gasteiger partial charge in [-0.3, -0.25) is 9.88 Å². The predicted octanol–water partition coefficient (Wildman–Crippen LogP) is 6.36. The summed E-state index contributed by atoms with van der Waals surface area (Å²) in [5.74, 6) is 1.61. The van der Waals surface area contributed by atoms with Crippen molar-refractivity contribution in [3.05, 3.63) is 53.7 Å². The molecule has 0 aliphatic carbocycles. The van der Waals surface area contributed by atoms with Crippen LogP contribution in [0.4, 0.5) is 23.8 Å². The number of nitrogens with zero attached hydrogens (tertiary/aromatic N) is 6. The van der Waals surface area contributed by atoms with E-state index in [-0.39, 0.29) is 41.4 Å². The SMILES string of the molecule is C#Cc1c(F)ccc2cccc(-c3ncc4c(N(C)CC5CN(C(=O)OC(C)(C)C)C5)nc(OC[C@@]56CCCN5C[C@H](F)C6)nc4c3F)c12. The van der Waals surface area contributed by atoms with Gasteiger partial charge in [-0.2, -0.15) is 9.97 Å². The molecule has 3 saturated heterocycles. The molecule has 0 spiro atoms. The number of halogens is 3. The quantitative estimate of drug-likeness (QED) is 0.210. The van der Waals surface area contributed by atoms with Crippen LogP contribution in [-0.2, 0) is 4.74 Å². The molecule has 7 rings (SSSR count). The number of benzene rings is 2. The monoisotopic (exact) mass is 672 g/mol. The first-order chi connectivity index (χ1) is 23.4. The summed E-state index contributed by atoms with van der Waals surface area (Å²) in [6, 6.07) is 8.02. The molecule has 256 valence electrons. The third-order valence-electron chi connectivity index (χ3n) is 9.77. The Morgan fingerprint density at radius 1 is 1.16 bits per heavy atom. The van der Waals surface area contributed by atoms with E-state index in [1.54, 1.807) is 29.2 Å². The van der Waals surface area contributed by atoms with Gasteiger partial charge in [0.15, 0.2) is 5.82 Å². The number of amides is 1. The Morgan fingerprint density at radius 3 is 2.71 bits per heavy atom. The molecule has 12 heteroatoms. The van der Waals surface area contributed by atoms with Gasteiger partial charge in [0.05, 0.1) is 16.5 Å². The van der Waals surface area contributed by atoms with Crippen LogP contribution in [-0.4, -0.2) is 94.5 Å². The van der Waals surface area contributed by atoms with E-state index < -0.39 is 28.9 Å². The molecule has 3 fully saturated rings. The van der Waals surface area contributed by atoms with Gasteiger partial charge in [0.2, 0.25) is 0 Å². The van der Waals surface area contributed by atoms with E-state index in [1.807, 2.05) is 32.7 Å². The number of fused-ring (bicyclic) bond motifs is 3. The Labute approximate surface area is 283 Å². The molecule has 0 radical (unpaired) electrons. The van der Waals surface area contributed by atoms with Crippen LogP contribution in [0.2, 0.25) is 0 Å². The van der Waals surface area contributed by atoms with Crippen LogP contribution in [0.15, 0.2) is 36.5 Å². The highest BCUT2D eigenvalue weighted by molar-refractivity contribution is 6.02. The van der Waals surface area contributed by atoms with E-state index in [1.165, 1.54) is 12.3 Å². The highest BCUT2D eigenvalue weighted by Crippen LogP contribution is 2.41. The van der Waals surface area contributed by atoms with Gasteiger partial charge in [-0.15, -0.1) is 6.42 Å². The van der Waals surface area contributed by atoms with Crippen molar-refractivity contribution in [1.82, 2.24) is 24.8 Å². The second-order valence-corrected chi connectivity index (χ2v) is 14.5. The highest BCUT2D eigenvalue weighted by atomic mass is 19.1. The zero-order valence-electron chi connectivity index (χ0n) is 28.1. The van der Waals surface area contributed by atoms with Gasteiger partial charge in [0, 0.05) is 62.7 Å². The smallest absolute Gasteiger partial charge is 0.410 e. The fraction of sp³-hybridized carbons (Fsp3) is 0.459. The molecular formula is C37H39F3N6O3. The average molecular weight is 673 g/mol. The molecule has 1 amide bonds. The largest absolute Gasteiger partial charge is 0.461 e. The van der Waals surface area contributed by atoms with Crippen molar-refractivity contribution in [3.8, 4) is 29.6 Å². The minimum Gasteiger partial charge on any atom is -0.461 e. The number of terminal acetylenes is 1. The maximum atomic E-state index is 16.8. The van der Waals surface area contributed by atoms with Crippen molar-refractivity contribution < 1.29 is 27.4 Å². The second kappa shape index (κ2) is 12.4. The van der Waals surface area contributed by atoms with Crippen LogP contribution >= 0.6 is 0 Å². The zero-order chi connectivity index (χ0) is 34.7. The van der Waals surface area contributed by atoms with Crippen LogP contribution in [0.1, 0.15) is 45.6 Å².